The Kier molecular flexibility index (Phi) is 4.91. The van der Waals surface area contributed by atoms with Gasteiger partial charge in [-0.15, -0.1) is 0 Å². The lowest BCUT2D eigenvalue weighted by Crippen LogP contribution is -2.49. The van der Waals surface area contributed by atoms with Crippen LogP contribution in [0.5, 0.6) is 0 Å². The molecule has 152 valence electrons. The van der Waals surface area contributed by atoms with Gasteiger partial charge in [0.1, 0.15) is 5.82 Å². The van der Waals surface area contributed by atoms with E-state index in [0.717, 1.165) is 74.7 Å². The highest BCUT2D eigenvalue weighted by Crippen LogP contribution is 2.28. The number of fused-ring (bicyclic) bond motifs is 2. The number of anilines is 1. The molecule has 0 bridgehead atoms. The first kappa shape index (κ1) is 18.5. The molecule has 4 heterocycles. The summed E-state index contributed by atoms with van der Waals surface area (Å²) >= 11 is 0. The van der Waals surface area contributed by atoms with E-state index in [0.29, 0.717) is 5.58 Å². The van der Waals surface area contributed by atoms with Gasteiger partial charge in [0.25, 0.3) is 0 Å². The van der Waals surface area contributed by atoms with Crippen molar-refractivity contribution in [1.82, 2.24) is 19.9 Å². The molecule has 2 aromatic heterocycles. The molecule has 1 aromatic carbocycles. The zero-order valence-corrected chi connectivity index (χ0v) is 16.2. The van der Waals surface area contributed by atoms with E-state index in [1.165, 1.54) is 12.1 Å². The van der Waals surface area contributed by atoms with Gasteiger partial charge >= 0.3 is 0 Å². The van der Waals surface area contributed by atoms with Crippen molar-refractivity contribution < 1.29 is 14.0 Å². The van der Waals surface area contributed by atoms with Crippen molar-refractivity contribution in [2.75, 3.05) is 50.7 Å². The van der Waals surface area contributed by atoms with E-state index < -0.39 is 6.23 Å². The first-order valence-corrected chi connectivity index (χ1v) is 10.1. The summed E-state index contributed by atoms with van der Waals surface area (Å²) in [5.74, 6) is 0.469. The molecule has 0 spiro atoms. The molecule has 3 aromatic rings. The van der Waals surface area contributed by atoms with Crippen LogP contribution in [0.1, 0.15) is 17.5 Å². The van der Waals surface area contributed by atoms with E-state index in [1.807, 2.05) is 12.1 Å². The van der Waals surface area contributed by atoms with Crippen LogP contribution in [0.25, 0.3) is 11.0 Å². The van der Waals surface area contributed by atoms with Crippen LogP contribution in [0.3, 0.4) is 0 Å². The van der Waals surface area contributed by atoms with E-state index >= 15 is 0 Å². The first-order valence-electron chi connectivity index (χ1n) is 10.1. The Morgan fingerprint density at radius 1 is 1.10 bits per heavy atom. The van der Waals surface area contributed by atoms with Crippen LogP contribution >= 0.6 is 0 Å². The van der Waals surface area contributed by atoms with Crippen molar-refractivity contribution in [3.8, 4) is 0 Å². The van der Waals surface area contributed by atoms with Gasteiger partial charge in [0.2, 0.25) is 0 Å². The second-order valence-corrected chi connectivity index (χ2v) is 7.68. The van der Waals surface area contributed by atoms with E-state index in [-0.39, 0.29) is 5.82 Å². The Morgan fingerprint density at radius 3 is 2.83 bits per heavy atom. The van der Waals surface area contributed by atoms with Gasteiger partial charge in [-0.25, -0.2) is 4.39 Å². The summed E-state index contributed by atoms with van der Waals surface area (Å²) in [6, 6.07) is 8.51. The van der Waals surface area contributed by atoms with Crippen molar-refractivity contribution in [2.45, 2.75) is 12.6 Å². The number of nitrogens with zero attached hydrogens (tertiary/aromatic N) is 5. The van der Waals surface area contributed by atoms with Crippen molar-refractivity contribution in [3.63, 3.8) is 0 Å². The molecule has 1 saturated heterocycles. The topological polar surface area (TPSA) is 68.9 Å². The van der Waals surface area contributed by atoms with Gasteiger partial charge in [-0.2, -0.15) is 0 Å². The fraction of sp³-hybridized carbons (Fsp3) is 0.429. The van der Waals surface area contributed by atoms with E-state index in [4.69, 9.17) is 4.52 Å². The Bertz CT molecular complexity index is 1000. The summed E-state index contributed by atoms with van der Waals surface area (Å²) in [6.45, 7) is 6.06. The summed E-state index contributed by atoms with van der Waals surface area (Å²) in [5.41, 5.74) is 2.41. The van der Waals surface area contributed by atoms with Gasteiger partial charge in [0.05, 0.1) is 11.1 Å². The highest BCUT2D eigenvalue weighted by Gasteiger charge is 2.27. The molecule has 7 nitrogen and oxygen atoms in total. The molecule has 0 amide bonds. The summed E-state index contributed by atoms with van der Waals surface area (Å²) in [6.07, 6.45) is 2.05. The number of aliphatic hydroxyl groups excluding tert-OH is 1. The molecule has 1 fully saturated rings. The SMILES string of the molecule is OC1c2ncccc2CCN1CCN1CCN(c2noc3cc(F)ccc23)CC1. The standard InChI is InChI=1S/C21H24FN5O2/c22-16-3-4-17-18(14-16)29-24-20(17)26-11-8-25(9-12-26)10-13-27-7-5-15-2-1-6-23-19(15)21(27)28/h1-4,6,14,21,28H,5,7-13H2. The zero-order valence-electron chi connectivity index (χ0n) is 16.2. The normalized spacial score (nSPS) is 20.9. The van der Waals surface area contributed by atoms with Crippen LogP contribution in [-0.2, 0) is 6.42 Å². The van der Waals surface area contributed by atoms with Crippen molar-refractivity contribution >= 4 is 16.8 Å². The van der Waals surface area contributed by atoms with Crippen molar-refractivity contribution in [1.29, 1.82) is 0 Å². The van der Waals surface area contributed by atoms with Crippen LogP contribution in [0.2, 0.25) is 0 Å². The highest BCUT2D eigenvalue weighted by atomic mass is 19.1. The molecule has 1 unspecified atom stereocenters. The van der Waals surface area contributed by atoms with Crippen LogP contribution in [0.15, 0.2) is 41.1 Å². The number of hydrogen-bond donors (Lipinski definition) is 1. The highest BCUT2D eigenvalue weighted by molar-refractivity contribution is 5.88. The minimum absolute atomic E-state index is 0.317. The third-order valence-corrected chi connectivity index (χ3v) is 5.98. The maximum absolute atomic E-state index is 13.4. The smallest absolute Gasteiger partial charge is 0.180 e. The van der Waals surface area contributed by atoms with E-state index in [9.17, 15) is 9.50 Å². The summed E-state index contributed by atoms with van der Waals surface area (Å²) < 4.78 is 18.6. The zero-order chi connectivity index (χ0) is 19.8. The fourth-order valence-electron chi connectivity index (χ4n) is 4.27. The number of pyridine rings is 1. The number of hydrogen-bond acceptors (Lipinski definition) is 7. The molecule has 0 radical (unpaired) electrons. The summed E-state index contributed by atoms with van der Waals surface area (Å²) in [7, 11) is 0. The molecule has 0 aliphatic carbocycles. The molecule has 5 rings (SSSR count). The predicted molar refractivity (Wildman–Crippen MR) is 107 cm³/mol. The Balaban J connectivity index is 1.17. The molecule has 2 aliphatic rings. The average molecular weight is 397 g/mol. The van der Waals surface area contributed by atoms with Crippen LogP contribution in [0.4, 0.5) is 10.2 Å². The second kappa shape index (κ2) is 7.70. The lowest BCUT2D eigenvalue weighted by Gasteiger charge is -2.37. The molecule has 1 atom stereocenters. The van der Waals surface area contributed by atoms with E-state index in [2.05, 4.69) is 24.8 Å². The van der Waals surface area contributed by atoms with Crippen LogP contribution in [0, 0.1) is 5.82 Å². The van der Waals surface area contributed by atoms with E-state index in [1.54, 1.807) is 12.3 Å². The van der Waals surface area contributed by atoms with Crippen LogP contribution < -0.4 is 4.90 Å². The number of aliphatic hydroxyl groups is 1. The van der Waals surface area contributed by atoms with Gasteiger partial charge in [-0.1, -0.05) is 11.2 Å². The first-order chi connectivity index (χ1) is 14.2. The predicted octanol–water partition coefficient (Wildman–Crippen LogP) is 2.03. The minimum atomic E-state index is -0.622. The maximum Gasteiger partial charge on any atom is 0.180 e. The van der Waals surface area contributed by atoms with Gasteiger partial charge in [-0.05, 0) is 30.2 Å². The molecule has 1 N–H and O–H groups in total. The third kappa shape index (κ3) is 3.59. The quantitative estimate of drug-likeness (QED) is 0.722. The number of aromatic nitrogens is 2. The van der Waals surface area contributed by atoms with Crippen molar-refractivity contribution in [3.05, 3.63) is 53.6 Å². The molecule has 0 saturated carbocycles. The van der Waals surface area contributed by atoms with Crippen molar-refractivity contribution in [2.24, 2.45) is 0 Å². The molecule has 29 heavy (non-hydrogen) atoms. The molecule has 2 aliphatic heterocycles. The number of piperazine rings is 1. The molecular weight excluding hydrogens is 373 g/mol. The van der Waals surface area contributed by atoms with Gasteiger partial charge in [0.15, 0.2) is 17.6 Å². The largest absolute Gasteiger partial charge is 0.372 e. The number of rotatable bonds is 4. The Morgan fingerprint density at radius 2 is 1.97 bits per heavy atom. The Labute approximate surface area is 168 Å². The summed E-state index contributed by atoms with van der Waals surface area (Å²) in [4.78, 5) is 11.1. The van der Waals surface area contributed by atoms with Crippen LogP contribution in [-0.4, -0.2) is 70.9 Å². The summed E-state index contributed by atoms with van der Waals surface area (Å²) in [5, 5.41) is 15.6. The maximum atomic E-state index is 13.4. The molecule has 8 heteroatoms. The minimum Gasteiger partial charge on any atom is -0.372 e. The number of halogens is 1. The number of benzene rings is 1. The third-order valence-electron chi connectivity index (χ3n) is 5.98. The second-order valence-electron chi connectivity index (χ2n) is 7.68. The van der Waals surface area contributed by atoms with Gasteiger partial charge in [-0.3, -0.25) is 14.8 Å². The fourth-order valence-corrected chi connectivity index (χ4v) is 4.27. The lowest BCUT2D eigenvalue weighted by atomic mass is 10.0. The van der Waals surface area contributed by atoms with Gasteiger partial charge in [0, 0.05) is 58.1 Å². The van der Waals surface area contributed by atoms with Gasteiger partial charge < -0.3 is 14.5 Å². The lowest BCUT2D eigenvalue weighted by molar-refractivity contribution is -0.0150. The molecular formula is C21H24FN5O2. The Hall–Kier alpha value is -2.55. The monoisotopic (exact) mass is 397 g/mol. The average Bonchev–Trinajstić information content (AvgIpc) is 3.17.